The summed E-state index contributed by atoms with van der Waals surface area (Å²) in [6.07, 6.45) is 2.56. The zero-order chi connectivity index (χ0) is 15.0. The van der Waals surface area contributed by atoms with Gasteiger partial charge in [-0.3, -0.25) is 9.80 Å². The van der Waals surface area contributed by atoms with Crippen molar-refractivity contribution in [3.05, 3.63) is 35.6 Å². The van der Waals surface area contributed by atoms with Crippen molar-refractivity contribution < 1.29 is 14.4 Å². The molecule has 3 rings (SSSR count). The average Bonchev–Trinajstić information content (AvgIpc) is 2.97. The van der Waals surface area contributed by atoms with Gasteiger partial charge in [0.15, 0.2) is 0 Å². The third kappa shape index (κ3) is 2.29. The number of amides is 1. The lowest BCUT2D eigenvalue weighted by Crippen LogP contribution is -2.36. The van der Waals surface area contributed by atoms with E-state index in [1.165, 1.54) is 18.3 Å². The number of oxime groups is 1. The molecule has 2 aliphatic rings. The molecule has 112 valence electrons. The maximum Gasteiger partial charge on any atom is 0.245 e. The van der Waals surface area contributed by atoms with Gasteiger partial charge in [-0.25, -0.2) is 9.40 Å². The normalized spacial score (nSPS) is 29.5. The van der Waals surface area contributed by atoms with E-state index in [1.54, 1.807) is 11.1 Å². The van der Waals surface area contributed by atoms with E-state index in [0.29, 0.717) is 13.0 Å². The first kappa shape index (κ1) is 14.0. The summed E-state index contributed by atoms with van der Waals surface area (Å²) in [6.45, 7) is 3.25. The van der Waals surface area contributed by atoms with Crippen LogP contribution < -0.4 is 0 Å². The van der Waals surface area contributed by atoms with Crippen LogP contribution in [-0.4, -0.2) is 40.4 Å². The summed E-state index contributed by atoms with van der Waals surface area (Å²) in [6, 6.07) is 6.32. The van der Waals surface area contributed by atoms with Gasteiger partial charge in [-0.2, -0.15) is 0 Å². The van der Waals surface area contributed by atoms with Gasteiger partial charge in [-0.1, -0.05) is 12.1 Å². The van der Waals surface area contributed by atoms with Gasteiger partial charge in [0.25, 0.3) is 0 Å². The zero-order valence-electron chi connectivity index (χ0n) is 11.9. The minimum atomic E-state index is -0.585. The van der Waals surface area contributed by atoms with Crippen molar-refractivity contribution in [2.75, 3.05) is 13.1 Å². The molecule has 2 atom stereocenters. The molecule has 6 heteroatoms. The Morgan fingerprint density at radius 3 is 3.10 bits per heavy atom. The Morgan fingerprint density at radius 2 is 2.38 bits per heavy atom. The third-order valence-corrected chi connectivity index (χ3v) is 4.37. The molecule has 2 unspecified atom stereocenters. The molecule has 0 bridgehead atoms. The molecule has 1 amide bonds. The first-order valence-corrected chi connectivity index (χ1v) is 7.05. The molecule has 0 aliphatic carbocycles. The molecule has 2 heterocycles. The summed E-state index contributed by atoms with van der Waals surface area (Å²) in [5, 5.41) is 15.3. The molecule has 2 saturated heterocycles. The van der Waals surface area contributed by atoms with Crippen molar-refractivity contribution >= 4 is 12.1 Å². The largest absolute Gasteiger partial charge is 0.411 e. The minimum absolute atomic E-state index is 0.00848. The molecular weight excluding hydrogens is 273 g/mol. The Labute approximate surface area is 122 Å². The summed E-state index contributed by atoms with van der Waals surface area (Å²) in [5.74, 6) is -0.276. The summed E-state index contributed by atoms with van der Waals surface area (Å²) in [7, 11) is 0. The van der Waals surface area contributed by atoms with Crippen molar-refractivity contribution in [1.29, 1.82) is 0 Å². The molecule has 0 saturated carbocycles. The molecule has 0 radical (unpaired) electrons. The first-order chi connectivity index (χ1) is 10.0. The number of hydrogen-bond acceptors (Lipinski definition) is 4. The van der Waals surface area contributed by atoms with Gasteiger partial charge in [0.05, 0.1) is 11.5 Å². The zero-order valence-corrected chi connectivity index (χ0v) is 11.9. The fraction of sp³-hybridized carbons (Fsp3) is 0.467. The SMILES string of the molecule is CC1(CC=NO)CN2CCC(c3cccc(F)c3)N2C1=O. The third-order valence-electron chi connectivity index (χ3n) is 4.37. The van der Waals surface area contributed by atoms with Crippen LogP contribution in [0, 0.1) is 11.2 Å². The number of halogens is 1. The highest BCUT2D eigenvalue weighted by Crippen LogP contribution is 2.43. The Morgan fingerprint density at radius 1 is 1.57 bits per heavy atom. The molecule has 1 aromatic carbocycles. The number of carbonyl (C=O) groups is 1. The van der Waals surface area contributed by atoms with Crippen LogP contribution in [-0.2, 0) is 4.79 Å². The number of rotatable bonds is 3. The van der Waals surface area contributed by atoms with Crippen molar-refractivity contribution in [3.63, 3.8) is 0 Å². The van der Waals surface area contributed by atoms with E-state index in [9.17, 15) is 9.18 Å². The van der Waals surface area contributed by atoms with Gasteiger partial charge in [0.2, 0.25) is 5.91 Å². The summed E-state index contributed by atoms with van der Waals surface area (Å²) >= 11 is 0. The fourth-order valence-corrected chi connectivity index (χ4v) is 3.29. The second-order valence-corrected chi connectivity index (χ2v) is 5.96. The molecule has 5 nitrogen and oxygen atoms in total. The maximum atomic E-state index is 13.4. The van der Waals surface area contributed by atoms with E-state index < -0.39 is 5.41 Å². The molecule has 2 fully saturated rings. The van der Waals surface area contributed by atoms with E-state index in [2.05, 4.69) is 5.16 Å². The lowest BCUT2D eigenvalue weighted by Gasteiger charge is -2.26. The molecule has 21 heavy (non-hydrogen) atoms. The predicted octanol–water partition coefficient (Wildman–Crippen LogP) is 2.19. The summed E-state index contributed by atoms with van der Waals surface area (Å²) in [5.41, 5.74) is 0.240. The Hall–Kier alpha value is -1.95. The van der Waals surface area contributed by atoms with Crippen LogP contribution in [0.4, 0.5) is 4.39 Å². The monoisotopic (exact) mass is 291 g/mol. The van der Waals surface area contributed by atoms with Crippen LogP contribution in [0.3, 0.4) is 0 Å². The van der Waals surface area contributed by atoms with Crippen molar-refractivity contribution in [1.82, 2.24) is 10.0 Å². The van der Waals surface area contributed by atoms with E-state index in [0.717, 1.165) is 18.5 Å². The van der Waals surface area contributed by atoms with E-state index in [1.807, 2.05) is 18.0 Å². The average molecular weight is 291 g/mol. The van der Waals surface area contributed by atoms with E-state index in [4.69, 9.17) is 5.21 Å². The van der Waals surface area contributed by atoms with Gasteiger partial charge < -0.3 is 5.21 Å². The minimum Gasteiger partial charge on any atom is -0.411 e. The molecule has 2 aliphatic heterocycles. The molecule has 1 aromatic rings. The molecular formula is C15H18FN3O2. The molecule has 0 spiro atoms. The first-order valence-electron chi connectivity index (χ1n) is 7.05. The lowest BCUT2D eigenvalue weighted by atomic mass is 9.86. The van der Waals surface area contributed by atoms with Crippen molar-refractivity contribution in [2.45, 2.75) is 25.8 Å². The van der Waals surface area contributed by atoms with Crippen LogP contribution >= 0.6 is 0 Å². The molecule has 0 aromatic heterocycles. The Balaban J connectivity index is 1.87. The van der Waals surface area contributed by atoms with Crippen molar-refractivity contribution in [2.24, 2.45) is 10.6 Å². The maximum absolute atomic E-state index is 13.4. The highest BCUT2D eigenvalue weighted by Gasteiger charge is 2.52. The number of nitrogens with zero attached hydrogens (tertiary/aromatic N) is 3. The summed E-state index contributed by atoms with van der Waals surface area (Å²) in [4.78, 5) is 12.7. The topological polar surface area (TPSA) is 56.1 Å². The van der Waals surface area contributed by atoms with Gasteiger partial charge in [0, 0.05) is 25.7 Å². The molecule has 1 N–H and O–H groups in total. The van der Waals surface area contributed by atoms with Crippen LogP contribution in [0.25, 0.3) is 0 Å². The van der Waals surface area contributed by atoms with Gasteiger partial charge >= 0.3 is 0 Å². The second-order valence-electron chi connectivity index (χ2n) is 5.96. The number of fused-ring (bicyclic) bond motifs is 1. The van der Waals surface area contributed by atoms with E-state index in [-0.39, 0.29) is 17.8 Å². The second kappa shape index (κ2) is 5.11. The predicted molar refractivity (Wildman–Crippen MR) is 75.2 cm³/mol. The Kier molecular flexibility index (Phi) is 3.41. The number of hydrogen-bond donors (Lipinski definition) is 1. The van der Waals surface area contributed by atoms with E-state index >= 15 is 0 Å². The van der Waals surface area contributed by atoms with Gasteiger partial charge in [-0.05, 0) is 31.0 Å². The van der Waals surface area contributed by atoms with Crippen molar-refractivity contribution in [3.8, 4) is 0 Å². The Bertz CT molecular complexity index is 592. The van der Waals surface area contributed by atoms with Crippen LogP contribution in [0.15, 0.2) is 29.4 Å². The quantitative estimate of drug-likeness (QED) is 0.527. The highest BCUT2D eigenvalue weighted by molar-refractivity contribution is 5.87. The van der Waals surface area contributed by atoms with Crippen LogP contribution in [0.2, 0.25) is 0 Å². The lowest BCUT2D eigenvalue weighted by molar-refractivity contribution is -0.142. The smallest absolute Gasteiger partial charge is 0.245 e. The standard InChI is InChI=1S/C15H18FN3O2/c1-15(6-7-17-21)10-18-8-5-13(19(18)14(15)20)11-3-2-4-12(16)9-11/h2-4,7,9,13,21H,5-6,8,10H2,1H3. The number of carbonyl (C=O) groups excluding carboxylic acids is 1. The van der Waals surface area contributed by atoms with Gasteiger partial charge in [-0.15, -0.1) is 5.16 Å². The van der Waals surface area contributed by atoms with Crippen LogP contribution in [0.5, 0.6) is 0 Å². The number of benzene rings is 1. The van der Waals surface area contributed by atoms with Gasteiger partial charge in [0.1, 0.15) is 5.82 Å². The highest BCUT2D eigenvalue weighted by atomic mass is 19.1. The van der Waals surface area contributed by atoms with Crippen LogP contribution in [0.1, 0.15) is 31.4 Å². The number of hydrazine groups is 1. The summed E-state index contributed by atoms with van der Waals surface area (Å²) < 4.78 is 13.4. The fourth-order valence-electron chi connectivity index (χ4n) is 3.29.